The molecule has 13 heavy (non-hydrogen) atoms. The molecule has 76 valence electrons. The maximum absolute atomic E-state index is 5.86. The van der Waals surface area contributed by atoms with Crippen molar-refractivity contribution in [1.29, 1.82) is 0 Å². The van der Waals surface area contributed by atoms with Crippen molar-refractivity contribution in [3.8, 4) is 0 Å². The minimum absolute atomic E-state index is 0.0785. The van der Waals surface area contributed by atoms with Crippen LogP contribution in [-0.4, -0.2) is 29.5 Å². The highest BCUT2D eigenvalue weighted by molar-refractivity contribution is 5.34. The molecule has 0 bridgehead atoms. The summed E-state index contributed by atoms with van der Waals surface area (Å²) < 4.78 is 1.80. The van der Waals surface area contributed by atoms with Crippen LogP contribution in [0.1, 0.15) is 33.6 Å². The van der Waals surface area contributed by atoms with E-state index in [0.717, 1.165) is 12.8 Å². The van der Waals surface area contributed by atoms with Gasteiger partial charge < -0.3 is 0 Å². The van der Waals surface area contributed by atoms with Crippen molar-refractivity contribution in [2.45, 2.75) is 45.9 Å². The van der Waals surface area contributed by atoms with E-state index in [1.165, 1.54) is 0 Å². The van der Waals surface area contributed by atoms with E-state index in [1.54, 1.807) is 4.58 Å². The largest absolute Gasteiger partial charge is 0.309 e. The van der Waals surface area contributed by atoms with Gasteiger partial charge in [-0.15, -0.1) is 0 Å². The van der Waals surface area contributed by atoms with E-state index in [2.05, 4.69) is 11.0 Å². The standard InChI is InChI=1S/C9H21N4/c1-4-8(10)13(7-12-6-3)9(11)5-2/h8-9H,4-6,10-11H2,1-3H3/q+1. The summed E-state index contributed by atoms with van der Waals surface area (Å²) in [6, 6.07) is 2.88. The Bertz CT molecular complexity index is 182. The summed E-state index contributed by atoms with van der Waals surface area (Å²) in [5.74, 6) is 0. The van der Waals surface area contributed by atoms with Crippen LogP contribution < -0.4 is 11.5 Å². The Balaban J connectivity index is 4.64. The summed E-state index contributed by atoms with van der Waals surface area (Å²) in [7, 11) is 0. The molecule has 4 heteroatoms. The second-order valence-electron chi connectivity index (χ2n) is 2.93. The lowest BCUT2D eigenvalue weighted by Gasteiger charge is -2.14. The number of rotatable bonds is 5. The normalized spacial score (nSPS) is 14.5. The van der Waals surface area contributed by atoms with Gasteiger partial charge in [-0.25, -0.2) is 0 Å². The minimum Gasteiger partial charge on any atom is -0.292 e. The van der Waals surface area contributed by atoms with E-state index in [1.807, 2.05) is 20.8 Å². The monoisotopic (exact) mass is 185 g/mol. The average molecular weight is 185 g/mol. The third-order valence-corrected chi connectivity index (χ3v) is 1.90. The molecule has 0 radical (unpaired) electrons. The second-order valence-corrected chi connectivity index (χ2v) is 2.93. The number of hydrogen-bond donors (Lipinski definition) is 2. The number of nitrogens with zero attached hydrogens (tertiary/aromatic N) is 2. The predicted molar refractivity (Wildman–Crippen MR) is 54.8 cm³/mol. The lowest BCUT2D eigenvalue weighted by molar-refractivity contribution is -0.595. The molecule has 0 heterocycles. The van der Waals surface area contributed by atoms with Gasteiger partial charge in [0.1, 0.15) is 6.54 Å². The van der Waals surface area contributed by atoms with Gasteiger partial charge in [0.05, 0.1) is 0 Å². The van der Waals surface area contributed by atoms with Crippen molar-refractivity contribution in [3.63, 3.8) is 0 Å². The zero-order chi connectivity index (χ0) is 10.3. The molecule has 0 aliphatic heterocycles. The van der Waals surface area contributed by atoms with E-state index in [4.69, 9.17) is 11.5 Å². The third-order valence-electron chi connectivity index (χ3n) is 1.90. The Hall–Kier alpha value is -0.700. The van der Waals surface area contributed by atoms with Gasteiger partial charge in [0.15, 0.2) is 12.3 Å². The molecule has 0 spiro atoms. The van der Waals surface area contributed by atoms with Crippen molar-refractivity contribution in [2.75, 3.05) is 6.54 Å². The maximum atomic E-state index is 5.86. The van der Waals surface area contributed by atoms with Crippen LogP contribution in [0.3, 0.4) is 0 Å². The Morgan fingerprint density at radius 3 is 1.92 bits per heavy atom. The van der Waals surface area contributed by atoms with Gasteiger partial charge in [0.25, 0.3) is 0 Å². The first-order valence-corrected chi connectivity index (χ1v) is 4.88. The van der Waals surface area contributed by atoms with Crippen molar-refractivity contribution < 1.29 is 4.58 Å². The summed E-state index contributed by atoms with van der Waals surface area (Å²) in [6.07, 6.45) is 1.54. The van der Waals surface area contributed by atoms with E-state index in [0.29, 0.717) is 6.54 Å². The van der Waals surface area contributed by atoms with Gasteiger partial charge in [-0.3, -0.25) is 11.5 Å². The lowest BCUT2D eigenvalue weighted by atomic mass is 10.3. The second kappa shape index (κ2) is 6.78. The average Bonchev–Trinajstić information content (AvgIpc) is 2.17. The van der Waals surface area contributed by atoms with Crippen LogP contribution in [0.4, 0.5) is 0 Å². The van der Waals surface area contributed by atoms with Gasteiger partial charge in [0, 0.05) is 0 Å². The lowest BCUT2D eigenvalue weighted by Crippen LogP contribution is -2.44. The number of aliphatic imine (C=N–C) groups is 1. The molecular formula is C9H21N4+. The fourth-order valence-corrected chi connectivity index (χ4v) is 0.940. The van der Waals surface area contributed by atoms with Crippen LogP contribution in [0, 0.1) is 0 Å². The van der Waals surface area contributed by atoms with Gasteiger partial charge in [-0.1, -0.05) is 13.8 Å². The number of hydrogen-bond acceptors (Lipinski definition) is 3. The van der Waals surface area contributed by atoms with Crippen molar-refractivity contribution in [1.82, 2.24) is 0 Å². The zero-order valence-corrected chi connectivity index (χ0v) is 8.83. The van der Waals surface area contributed by atoms with Crippen LogP contribution in [0.25, 0.3) is 0 Å². The van der Waals surface area contributed by atoms with Gasteiger partial charge >= 0.3 is 6.01 Å². The quantitative estimate of drug-likeness (QED) is 0.374. The van der Waals surface area contributed by atoms with Crippen LogP contribution >= 0.6 is 0 Å². The van der Waals surface area contributed by atoms with E-state index < -0.39 is 0 Å². The molecule has 0 aliphatic carbocycles. The molecule has 0 amide bonds. The molecule has 2 unspecified atom stereocenters. The highest BCUT2D eigenvalue weighted by Crippen LogP contribution is 1.95. The van der Waals surface area contributed by atoms with Crippen molar-refractivity contribution in [2.24, 2.45) is 16.5 Å². The third kappa shape index (κ3) is 4.18. The molecule has 0 saturated heterocycles. The van der Waals surface area contributed by atoms with Gasteiger partial charge in [-0.05, 0) is 24.8 Å². The maximum Gasteiger partial charge on any atom is 0.309 e. The first-order valence-electron chi connectivity index (χ1n) is 4.88. The van der Waals surface area contributed by atoms with Gasteiger partial charge in [0.2, 0.25) is 0 Å². The fourth-order valence-electron chi connectivity index (χ4n) is 0.940. The molecule has 4 N–H and O–H groups in total. The van der Waals surface area contributed by atoms with Gasteiger partial charge in [-0.2, -0.15) is 4.58 Å². The van der Waals surface area contributed by atoms with Crippen LogP contribution in [-0.2, 0) is 0 Å². The van der Waals surface area contributed by atoms with Crippen LogP contribution in [0.5, 0.6) is 0 Å². The minimum atomic E-state index is -0.0785. The Kier molecular flexibility index (Phi) is 6.41. The molecule has 0 fully saturated rings. The molecular weight excluding hydrogens is 164 g/mol. The molecule has 0 saturated carbocycles. The highest BCUT2D eigenvalue weighted by atomic mass is 15.2. The molecule has 0 aliphatic rings. The summed E-state index contributed by atoms with van der Waals surface area (Å²) in [5.41, 5.74) is 11.7. The Labute approximate surface area is 80.3 Å². The summed E-state index contributed by atoms with van der Waals surface area (Å²) in [4.78, 5) is 4.03. The smallest absolute Gasteiger partial charge is 0.292 e. The molecule has 0 rings (SSSR count). The SMILES string of the molecule is CCN=C=[N+](C(N)CC)C(N)CC. The Morgan fingerprint density at radius 2 is 1.62 bits per heavy atom. The molecule has 2 atom stereocenters. The van der Waals surface area contributed by atoms with Crippen molar-refractivity contribution in [3.05, 3.63) is 0 Å². The van der Waals surface area contributed by atoms with Crippen molar-refractivity contribution >= 4 is 6.01 Å². The van der Waals surface area contributed by atoms with E-state index >= 15 is 0 Å². The van der Waals surface area contributed by atoms with Crippen LogP contribution in [0.15, 0.2) is 4.99 Å². The molecule has 0 aromatic rings. The first-order chi connectivity index (χ1) is 6.17. The highest BCUT2D eigenvalue weighted by Gasteiger charge is 2.16. The summed E-state index contributed by atoms with van der Waals surface area (Å²) in [5, 5.41) is 0. The van der Waals surface area contributed by atoms with E-state index in [-0.39, 0.29) is 12.3 Å². The molecule has 0 aromatic carbocycles. The first kappa shape index (κ1) is 12.3. The molecule has 0 aromatic heterocycles. The number of nitrogens with two attached hydrogens (primary N) is 2. The molecule has 4 nitrogen and oxygen atoms in total. The summed E-state index contributed by atoms with van der Waals surface area (Å²) >= 11 is 0. The van der Waals surface area contributed by atoms with Crippen LogP contribution in [0.2, 0.25) is 0 Å². The summed E-state index contributed by atoms with van der Waals surface area (Å²) in [6.45, 7) is 6.71. The zero-order valence-electron chi connectivity index (χ0n) is 8.83. The fraction of sp³-hybridized carbons (Fsp3) is 0.889. The topological polar surface area (TPSA) is 67.4 Å². The van der Waals surface area contributed by atoms with E-state index in [9.17, 15) is 0 Å². The Morgan fingerprint density at radius 1 is 1.15 bits per heavy atom. The predicted octanol–water partition coefficient (Wildman–Crippen LogP) is 0.582.